The van der Waals surface area contributed by atoms with E-state index in [1.54, 1.807) is 23.6 Å². The summed E-state index contributed by atoms with van der Waals surface area (Å²) in [5.41, 5.74) is 2.28. The highest BCUT2D eigenvalue weighted by Crippen LogP contribution is 2.24. The molecule has 3 aromatic rings. The molecule has 9 heteroatoms. The van der Waals surface area contributed by atoms with Gasteiger partial charge < -0.3 is 10.4 Å². The Morgan fingerprint density at radius 2 is 2.03 bits per heavy atom. The van der Waals surface area contributed by atoms with Crippen molar-refractivity contribution in [1.29, 1.82) is 0 Å². The number of carbonyl (C=O) groups is 2. The van der Waals surface area contributed by atoms with Crippen LogP contribution in [0.2, 0.25) is 0 Å². The number of anilines is 2. The third kappa shape index (κ3) is 6.86. The summed E-state index contributed by atoms with van der Waals surface area (Å²) >= 11 is 2.56. The van der Waals surface area contributed by atoms with Crippen LogP contribution in [-0.2, 0) is 24.2 Å². The zero-order valence-corrected chi connectivity index (χ0v) is 18.7. The van der Waals surface area contributed by atoms with Crippen molar-refractivity contribution in [2.45, 2.75) is 45.6 Å². The number of aromatic nitrogens is 1. The minimum absolute atomic E-state index is 0.176. The lowest BCUT2D eigenvalue weighted by atomic mass is 10.0. The van der Waals surface area contributed by atoms with Gasteiger partial charge in [0, 0.05) is 22.5 Å². The lowest BCUT2D eigenvalue weighted by molar-refractivity contribution is -0.136. The highest BCUT2D eigenvalue weighted by atomic mass is 32.1. The first-order valence-electron chi connectivity index (χ1n) is 10.0. The van der Waals surface area contributed by atoms with Crippen molar-refractivity contribution in [2.24, 2.45) is 0 Å². The molecule has 1 amide bonds. The van der Waals surface area contributed by atoms with Gasteiger partial charge in [-0.25, -0.2) is 9.37 Å². The van der Waals surface area contributed by atoms with Crippen LogP contribution >= 0.6 is 22.7 Å². The molecule has 0 unspecified atom stereocenters. The topological polar surface area (TPSA) is 91.3 Å². The Kier molecular flexibility index (Phi) is 8.13. The van der Waals surface area contributed by atoms with Gasteiger partial charge in [-0.05, 0) is 48.7 Å². The average Bonchev–Trinajstić information content (AvgIpc) is 3.37. The van der Waals surface area contributed by atoms with E-state index in [0.717, 1.165) is 41.8 Å². The number of amides is 1. The Hall–Kier alpha value is -2.78. The number of halogens is 1. The lowest BCUT2D eigenvalue weighted by Crippen LogP contribution is -2.10. The molecule has 0 radical (unpaired) electrons. The molecule has 2 aromatic heterocycles. The van der Waals surface area contributed by atoms with Crippen molar-refractivity contribution in [3.63, 3.8) is 0 Å². The van der Waals surface area contributed by atoms with E-state index in [-0.39, 0.29) is 18.1 Å². The number of nitrogens with one attached hydrogen (secondary N) is 2. The van der Waals surface area contributed by atoms with Crippen LogP contribution in [0.5, 0.6) is 0 Å². The fraction of sp³-hybridized carbons (Fsp3) is 0.318. The number of carboxylic acids is 1. The Balaban J connectivity index is 1.58. The minimum Gasteiger partial charge on any atom is -0.481 e. The summed E-state index contributed by atoms with van der Waals surface area (Å²) in [7, 11) is 0. The van der Waals surface area contributed by atoms with Gasteiger partial charge in [-0.2, -0.15) is 0 Å². The second-order valence-corrected chi connectivity index (χ2v) is 9.07. The van der Waals surface area contributed by atoms with Crippen molar-refractivity contribution in [3.8, 4) is 0 Å². The lowest BCUT2D eigenvalue weighted by Gasteiger charge is -2.11. The maximum Gasteiger partial charge on any atom is 0.309 e. The SMILES string of the molecule is CCCCCc1cc(F)ccc1NCc1ccc(C(=O)Nc2nc(CC(=O)O)cs2)s1. The average molecular weight is 462 g/mol. The zero-order chi connectivity index (χ0) is 22.2. The van der Waals surface area contributed by atoms with Gasteiger partial charge in [0.1, 0.15) is 5.82 Å². The summed E-state index contributed by atoms with van der Waals surface area (Å²) in [5.74, 6) is -1.48. The molecular formula is C22H24FN3O3S2. The summed E-state index contributed by atoms with van der Waals surface area (Å²) in [6, 6.07) is 8.42. The maximum atomic E-state index is 13.7. The predicted octanol–water partition coefficient (Wildman–Crippen LogP) is 5.57. The molecule has 3 N–H and O–H groups in total. The maximum absolute atomic E-state index is 13.7. The third-order valence-electron chi connectivity index (χ3n) is 4.56. The number of rotatable bonds is 11. The van der Waals surface area contributed by atoms with E-state index in [0.29, 0.717) is 22.2 Å². The van der Waals surface area contributed by atoms with E-state index >= 15 is 0 Å². The second-order valence-electron chi connectivity index (χ2n) is 7.05. The fourth-order valence-corrected chi connectivity index (χ4v) is 4.59. The quantitative estimate of drug-likeness (QED) is 0.325. The molecule has 0 aliphatic carbocycles. The highest BCUT2D eigenvalue weighted by Gasteiger charge is 2.13. The van der Waals surface area contributed by atoms with Gasteiger partial charge in [-0.3, -0.25) is 14.9 Å². The summed E-state index contributed by atoms with van der Waals surface area (Å²) in [5, 5.41) is 16.9. The summed E-state index contributed by atoms with van der Waals surface area (Å²) in [4.78, 5) is 28.8. The van der Waals surface area contributed by atoms with Crippen LogP contribution in [-0.4, -0.2) is 22.0 Å². The normalized spacial score (nSPS) is 10.8. The highest BCUT2D eigenvalue weighted by molar-refractivity contribution is 7.15. The number of nitrogens with zero attached hydrogens (tertiary/aromatic N) is 1. The number of carbonyl (C=O) groups excluding carboxylic acids is 1. The van der Waals surface area contributed by atoms with Crippen LogP contribution in [0.1, 0.15) is 52.0 Å². The molecule has 0 bridgehead atoms. The largest absolute Gasteiger partial charge is 0.481 e. The Morgan fingerprint density at radius 1 is 1.19 bits per heavy atom. The van der Waals surface area contributed by atoms with Crippen LogP contribution in [0, 0.1) is 5.82 Å². The van der Waals surface area contributed by atoms with Gasteiger partial charge in [0.2, 0.25) is 0 Å². The van der Waals surface area contributed by atoms with E-state index in [9.17, 15) is 14.0 Å². The van der Waals surface area contributed by atoms with Crippen molar-refractivity contribution >= 4 is 45.4 Å². The van der Waals surface area contributed by atoms with Crippen molar-refractivity contribution in [2.75, 3.05) is 10.6 Å². The second kappa shape index (κ2) is 11.0. The first-order valence-corrected chi connectivity index (χ1v) is 11.7. The number of benzene rings is 1. The van der Waals surface area contributed by atoms with Gasteiger partial charge in [0.15, 0.2) is 5.13 Å². The van der Waals surface area contributed by atoms with Crippen molar-refractivity contribution in [3.05, 3.63) is 62.5 Å². The first-order chi connectivity index (χ1) is 14.9. The minimum atomic E-state index is -0.965. The molecule has 2 heterocycles. The summed E-state index contributed by atoms with van der Waals surface area (Å²) in [6.45, 7) is 2.67. The molecule has 3 rings (SSSR count). The van der Waals surface area contributed by atoms with Gasteiger partial charge in [-0.1, -0.05) is 19.8 Å². The molecule has 0 fully saturated rings. The van der Waals surface area contributed by atoms with E-state index in [4.69, 9.17) is 5.11 Å². The molecule has 0 aliphatic rings. The Morgan fingerprint density at radius 3 is 2.81 bits per heavy atom. The van der Waals surface area contributed by atoms with Crippen LogP contribution in [0.4, 0.5) is 15.2 Å². The summed E-state index contributed by atoms with van der Waals surface area (Å²) < 4.78 is 13.7. The van der Waals surface area contributed by atoms with Crippen molar-refractivity contribution in [1.82, 2.24) is 4.98 Å². The van der Waals surface area contributed by atoms with Crippen LogP contribution < -0.4 is 10.6 Å². The molecule has 31 heavy (non-hydrogen) atoms. The third-order valence-corrected chi connectivity index (χ3v) is 6.45. The van der Waals surface area contributed by atoms with E-state index < -0.39 is 5.97 Å². The van der Waals surface area contributed by atoms with E-state index in [2.05, 4.69) is 22.5 Å². The number of aliphatic carboxylic acids is 1. The molecule has 6 nitrogen and oxygen atoms in total. The van der Waals surface area contributed by atoms with Gasteiger partial charge in [0.05, 0.1) is 17.0 Å². The number of thiophene rings is 1. The molecular weight excluding hydrogens is 437 g/mol. The number of carboxylic acid groups (broad SMARTS) is 1. The number of hydrogen-bond donors (Lipinski definition) is 3. The first kappa shape index (κ1) is 22.9. The Bertz CT molecular complexity index is 1050. The summed E-state index contributed by atoms with van der Waals surface area (Å²) in [6.07, 6.45) is 3.88. The number of unbranched alkanes of at least 4 members (excludes halogenated alkanes) is 2. The fourth-order valence-electron chi connectivity index (χ4n) is 3.04. The van der Waals surface area contributed by atoms with Crippen molar-refractivity contribution < 1.29 is 19.1 Å². The van der Waals surface area contributed by atoms with Gasteiger partial charge >= 0.3 is 5.97 Å². The number of aryl methyl sites for hydroxylation is 1. The smallest absolute Gasteiger partial charge is 0.309 e. The van der Waals surface area contributed by atoms with Gasteiger partial charge in [0.25, 0.3) is 5.91 Å². The van der Waals surface area contributed by atoms with Gasteiger partial charge in [-0.15, -0.1) is 22.7 Å². The molecule has 0 spiro atoms. The predicted molar refractivity (Wildman–Crippen MR) is 123 cm³/mol. The molecule has 164 valence electrons. The van der Waals surface area contributed by atoms with E-state index in [1.165, 1.54) is 28.7 Å². The van der Waals surface area contributed by atoms with Crippen LogP contribution in [0.15, 0.2) is 35.7 Å². The van der Waals surface area contributed by atoms with E-state index in [1.807, 2.05) is 6.07 Å². The number of thiazole rings is 1. The van der Waals surface area contributed by atoms with Crippen LogP contribution in [0.3, 0.4) is 0 Å². The molecule has 0 saturated heterocycles. The standard InChI is InChI=1S/C22H24FN3O3S2/c1-2-3-4-5-14-10-15(23)6-8-18(14)24-12-17-7-9-19(31-17)21(29)26-22-25-16(13-30-22)11-20(27)28/h6-10,13,24H,2-5,11-12H2,1H3,(H,27,28)(H,25,26,29). The molecule has 1 aromatic carbocycles. The molecule has 0 atom stereocenters. The monoisotopic (exact) mass is 461 g/mol. The Labute approximate surface area is 188 Å². The molecule has 0 saturated carbocycles. The zero-order valence-electron chi connectivity index (χ0n) is 17.1. The molecule has 0 aliphatic heterocycles. The number of hydrogen-bond acceptors (Lipinski definition) is 6. The van der Waals surface area contributed by atoms with Crippen LogP contribution in [0.25, 0.3) is 0 Å².